The lowest BCUT2D eigenvalue weighted by molar-refractivity contribution is -0.124. The van der Waals surface area contributed by atoms with E-state index in [1.165, 1.54) is 21.8 Å². The molecule has 1 N–H and O–H groups in total. The quantitative estimate of drug-likeness (QED) is 0.720. The maximum atomic E-state index is 12.8. The summed E-state index contributed by atoms with van der Waals surface area (Å²) in [6, 6.07) is 0. The van der Waals surface area contributed by atoms with Crippen LogP contribution in [0, 0.1) is 6.92 Å². The highest BCUT2D eigenvalue weighted by Gasteiger charge is 2.39. The summed E-state index contributed by atoms with van der Waals surface area (Å²) in [6.45, 7) is 1.60. The molecule has 0 spiro atoms. The van der Waals surface area contributed by atoms with Crippen molar-refractivity contribution in [3.8, 4) is 0 Å². The van der Waals surface area contributed by atoms with Gasteiger partial charge < -0.3 is 9.84 Å². The van der Waals surface area contributed by atoms with Gasteiger partial charge in [0, 0.05) is 14.0 Å². The second kappa shape index (κ2) is 6.60. The fourth-order valence-corrected chi connectivity index (χ4v) is 3.69. The summed E-state index contributed by atoms with van der Waals surface area (Å²) in [7, 11) is 1.71. The first-order chi connectivity index (χ1) is 13.0. The highest BCUT2D eigenvalue weighted by molar-refractivity contribution is 5.78. The molecule has 27 heavy (non-hydrogen) atoms. The predicted octanol–water partition coefficient (Wildman–Crippen LogP) is 0.797. The molecule has 1 aliphatic carbocycles. The van der Waals surface area contributed by atoms with E-state index in [-0.39, 0.29) is 18.0 Å². The number of aryl methyl sites for hydroxylation is 2. The van der Waals surface area contributed by atoms with E-state index in [9.17, 15) is 9.59 Å². The smallest absolute Gasteiger partial charge is 0.264 e. The van der Waals surface area contributed by atoms with Crippen LogP contribution in [0.1, 0.15) is 43.8 Å². The lowest BCUT2D eigenvalue weighted by Crippen LogP contribution is -2.49. The molecule has 3 heterocycles. The summed E-state index contributed by atoms with van der Waals surface area (Å²) < 4.78 is 7.94. The molecule has 1 amide bonds. The summed E-state index contributed by atoms with van der Waals surface area (Å²) in [5.74, 6) is 0.680. The van der Waals surface area contributed by atoms with Crippen molar-refractivity contribution in [1.29, 1.82) is 0 Å². The molecule has 142 valence electrons. The van der Waals surface area contributed by atoms with Gasteiger partial charge in [0.1, 0.15) is 23.8 Å². The minimum atomic E-state index is -0.650. The zero-order valence-electron chi connectivity index (χ0n) is 15.3. The number of rotatable bonds is 4. The second-order valence-corrected chi connectivity index (χ2v) is 7.01. The number of nitrogens with one attached hydrogen (secondary N) is 1. The average Bonchev–Trinajstić information content (AvgIpc) is 3.25. The van der Waals surface area contributed by atoms with Crippen molar-refractivity contribution in [2.45, 2.75) is 51.1 Å². The summed E-state index contributed by atoms with van der Waals surface area (Å²) >= 11 is 0. The topological polar surface area (TPSA) is 121 Å². The third kappa shape index (κ3) is 3.11. The molecule has 4 rings (SSSR count). The maximum Gasteiger partial charge on any atom is 0.264 e. The van der Waals surface area contributed by atoms with Gasteiger partial charge in [0.25, 0.3) is 5.56 Å². The molecule has 0 saturated heterocycles. The van der Waals surface area contributed by atoms with Crippen LogP contribution < -0.4 is 10.9 Å². The molecule has 3 aromatic rings. The first-order valence-corrected chi connectivity index (χ1v) is 8.97. The van der Waals surface area contributed by atoms with E-state index < -0.39 is 5.54 Å². The summed E-state index contributed by atoms with van der Waals surface area (Å²) in [5, 5.41) is 11.5. The number of carbonyl (C=O) groups excluding carboxylic acids is 1. The van der Waals surface area contributed by atoms with Crippen LogP contribution in [-0.4, -0.2) is 35.4 Å². The fourth-order valence-electron chi connectivity index (χ4n) is 3.69. The Kier molecular flexibility index (Phi) is 4.25. The number of hydrogen-bond donors (Lipinski definition) is 1. The fraction of sp³-hybridized carbons (Fsp3) is 0.529. The minimum absolute atomic E-state index is 0.130. The van der Waals surface area contributed by atoms with Gasteiger partial charge in [-0.3, -0.25) is 18.8 Å². The Hall–Kier alpha value is -3.04. The summed E-state index contributed by atoms with van der Waals surface area (Å²) in [5.41, 5.74) is -0.457. The summed E-state index contributed by atoms with van der Waals surface area (Å²) in [6.07, 6.45) is 7.37. The van der Waals surface area contributed by atoms with Crippen LogP contribution >= 0.6 is 0 Å². The van der Waals surface area contributed by atoms with Crippen LogP contribution in [0.3, 0.4) is 0 Å². The molecule has 1 saturated carbocycles. The number of hydrogen-bond acceptors (Lipinski definition) is 7. The Labute approximate surface area is 154 Å². The molecule has 0 atom stereocenters. The number of aromatic nitrogens is 6. The highest BCUT2D eigenvalue weighted by atomic mass is 16.5. The highest BCUT2D eigenvalue weighted by Crippen LogP contribution is 2.35. The molecular weight excluding hydrogens is 350 g/mol. The van der Waals surface area contributed by atoms with E-state index in [0.717, 1.165) is 32.1 Å². The normalized spacial score (nSPS) is 16.5. The molecule has 10 nitrogen and oxygen atoms in total. The van der Waals surface area contributed by atoms with Gasteiger partial charge in [-0.05, 0) is 12.8 Å². The molecule has 1 fully saturated rings. The van der Waals surface area contributed by atoms with Gasteiger partial charge in [0.05, 0.1) is 6.20 Å². The number of nitrogens with zero attached hydrogens (tertiary/aromatic N) is 6. The van der Waals surface area contributed by atoms with E-state index in [2.05, 4.69) is 25.5 Å². The van der Waals surface area contributed by atoms with Gasteiger partial charge in [-0.15, -0.1) is 0 Å². The zero-order valence-corrected chi connectivity index (χ0v) is 15.3. The van der Waals surface area contributed by atoms with Crippen LogP contribution in [-0.2, 0) is 23.9 Å². The molecule has 1 aliphatic rings. The first kappa shape index (κ1) is 17.4. The van der Waals surface area contributed by atoms with Gasteiger partial charge >= 0.3 is 0 Å². The summed E-state index contributed by atoms with van der Waals surface area (Å²) in [4.78, 5) is 33.9. The Bertz CT molecular complexity index is 1040. The average molecular weight is 371 g/mol. The van der Waals surface area contributed by atoms with Crippen molar-refractivity contribution in [2.75, 3.05) is 0 Å². The lowest BCUT2D eigenvalue weighted by Gasteiger charge is -2.35. The van der Waals surface area contributed by atoms with Crippen LogP contribution in [0.5, 0.6) is 0 Å². The molecule has 3 aromatic heterocycles. The van der Waals surface area contributed by atoms with Crippen molar-refractivity contribution in [3.05, 3.63) is 34.6 Å². The third-order valence-corrected chi connectivity index (χ3v) is 5.07. The van der Waals surface area contributed by atoms with Crippen molar-refractivity contribution >= 4 is 16.9 Å². The molecule has 0 aliphatic heterocycles. The Balaban J connectivity index is 1.59. The van der Waals surface area contributed by atoms with Gasteiger partial charge in [-0.2, -0.15) is 10.1 Å². The van der Waals surface area contributed by atoms with Gasteiger partial charge in [0.15, 0.2) is 11.5 Å². The van der Waals surface area contributed by atoms with Gasteiger partial charge in [-0.1, -0.05) is 24.4 Å². The molecule has 0 bridgehead atoms. The molecule has 0 unspecified atom stereocenters. The van der Waals surface area contributed by atoms with E-state index in [1.54, 1.807) is 14.0 Å². The third-order valence-electron chi connectivity index (χ3n) is 5.07. The van der Waals surface area contributed by atoms with E-state index in [1.807, 2.05) is 0 Å². The van der Waals surface area contributed by atoms with Crippen LogP contribution in [0.2, 0.25) is 0 Å². The molecule has 0 radical (unpaired) electrons. The van der Waals surface area contributed by atoms with Gasteiger partial charge in [-0.25, -0.2) is 4.98 Å². The van der Waals surface area contributed by atoms with E-state index in [4.69, 9.17) is 4.52 Å². The monoisotopic (exact) mass is 371 g/mol. The largest absolute Gasteiger partial charge is 0.342 e. The van der Waals surface area contributed by atoms with Crippen LogP contribution in [0.15, 0.2) is 21.8 Å². The van der Waals surface area contributed by atoms with E-state index in [0.29, 0.717) is 22.7 Å². The predicted molar refractivity (Wildman–Crippen MR) is 94.7 cm³/mol. The molecular formula is C17H21N7O3. The molecule has 10 heteroatoms. The van der Waals surface area contributed by atoms with Crippen molar-refractivity contribution in [2.24, 2.45) is 7.05 Å². The maximum absolute atomic E-state index is 12.8. The zero-order chi connectivity index (χ0) is 19.0. The Morgan fingerprint density at radius 1 is 1.33 bits per heavy atom. The van der Waals surface area contributed by atoms with Crippen molar-refractivity contribution < 1.29 is 9.32 Å². The van der Waals surface area contributed by atoms with Crippen molar-refractivity contribution in [1.82, 2.24) is 34.8 Å². The van der Waals surface area contributed by atoms with E-state index >= 15 is 0 Å². The van der Waals surface area contributed by atoms with Crippen molar-refractivity contribution in [3.63, 3.8) is 0 Å². The second-order valence-electron chi connectivity index (χ2n) is 7.01. The number of fused-ring (bicyclic) bond motifs is 1. The Morgan fingerprint density at radius 3 is 2.81 bits per heavy atom. The first-order valence-electron chi connectivity index (χ1n) is 8.97. The SMILES string of the molecule is Cc1nc(C2(NC(=O)Cn3cnc4c(cnn4C)c3=O)CCCCC2)no1. The van der Waals surface area contributed by atoms with Gasteiger partial charge in [0.2, 0.25) is 11.8 Å². The van der Waals surface area contributed by atoms with Crippen LogP contribution in [0.25, 0.3) is 11.0 Å². The minimum Gasteiger partial charge on any atom is -0.342 e. The lowest BCUT2D eigenvalue weighted by atomic mass is 9.81. The number of amides is 1. The standard InChI is InChI=1S/C17H21N7O3/c1-11-20-16(22-27-11)17(6-4-3-5-7-17)21-13(25)9-24-10-18-14-12(15(24)26)8-19-23(14)2/h8,10H,3-7,9H2,1-2H3,(H,21,25). The number of carbonyl (C=O) groups is 1. The van der Waals surface area contributed by atoms with Crippen LogP contribution in [0.4, 0.5) is 0 Å². The Morgan fingerprint density at radius 2 is 2.11 bits per heavy atom. The molecule has 0 aromatic carbocycles.